The Kier molecular flexibility index (Phi) is 20.5. The Morgan fingerprint density at radius 2 is 1.16 bits per heavy atom. The second kappa shape index (κ2) is 18.2. The summed E-state index contributed by atoms with van der Waals surface area (Å²) in [6.07, 6.45) is 16.6. The van der Waals surface area contributed by atoms with Crippen LogP contribution in [0.4, 0.5) is 0 Å². The van der Waals surface area contributed by atoms with Crippen LogP contribution in [0.1, 0.15) is 110 Å². The largest absolute Gasteiger partial charge is 1.00 e. The smallest absolute Gasteiger partial charge is 0.748 e. The third-order valence-corrected chi connectivity index (χ3v) is 5.92. The molecule has 1 N–H and O–H groups in total. The Balaban J connectivity index is 0. The Labute approximate surface area is 178 Å². The maximum Gasteiger partial charge on any atom is 1.00 e. The van der Waals surface area contributed by atoms with E-state index in [-0.39, 0.29) is 36.0 Å². The van der Waals surface area contributed by atoms with Gasteiger partial charge in [0.15, 0.2) is 0 Å². The molecule has 0 aromatic rings. The predicted octanol–water partition coefficient (Wildman–Crippen LogP) is 2.16. The minimum absolute atomic E-state index is 0. The van der Waals surface area contributed by atoms with E-state index >= 15 is 0 Å². The minimum Gasteiger partial charge on any atom is -0.748 e. The molecule has 2 atom stereocenters. The summed E-state index contributed by atoms with van der Waals surface area (Å²) >= 11 is 0. The fourth-order valence-electron chi connectivity index (χ4n) is 3.02. The van der Waals surface area contributed by atoms with Gasteiger partial charge in [0.25, 0.3) is 0 Å². The summed E-state index contributed by atoms with van der Waals surface area (Å²) in [4.78, 5) is 0. The molecule has 0 saturated heterocycles. The molecule has 6 heteroatoms. The van der Waals surface area contributed by atoms with Crippen LogP contribution in [0, 0.1) is 0 Å². The number of hydrogen-bond acceptors (Lipinski definition) is 4. The summed E-state index contributed by atoms with van der Waals surface area (Å²) in [6, 6.07) is 0. The zero-order chi connectivity index (χ0) is 18.3. The molecular formula is C19H39NaO4S. The Bertz CT molecular complexity index is 374. The van der Waals surface area contributed by atoms with Crippen molar-refractivity contribution < 1.29 is 47.6 Å². The number of aliphatic hydroxyl groups is 1. The number of hydrogen-bond donors (Lipinski definition) is 1. The molecule has 25 heavy (non-hydrogen) atoms. The molecule has 0 heterocycles. The van der Waals surface area contributed by atoms with Crippen molar-refractivity contribution in [1.29, 1.82) is 0 Å². The van der Waals surface area contributed by atoms with Crippen LogP contribution in [-0.4, -0.2) is 29.4 Å². The van der Waals surface area contributed by atoms with Gasteiger partial charge in [0.05, 0.1) is 16.2 Å². The van der Waals surface area contributed by atoms with Crippen LogP contribution in [0.5, 0.6) is 0 Å². The van der Waals surface area contributed by atoms with Gasteiger partial charge in [-0.15, -0.1) is 0 Å². The van der Waals surface area contributed by atoms with E-state index in [2.05, 4.69) is 6.92 Å². The second-order valence-electron chi connectivity index (χ2n) is 7.22. The molecular weight excluding hydrogens is 347 g/mol. The van der Waals surface area contributed by atoms with E-state index in [0.29, 0.717) is 6.42 Å². The van der Waals surface area contributed by atoms with Crippen LogP contribution in [0.3, 0.4) is 0 Å². The van der Waals surface area contributed by atoms with Gasteiger partial charge in [0.2, 0.25) is 0 Å². The van der Waals surface area contributed by atoms with E-state index in [0.717, 1.165) is 12.8 Å². The molecule has 0 radical (unpaired) electrons. The van der Waals surface area contributed by atoms with Crippen LogP contribution in [0.25, 0.3) is 0 Å². The number of unbranched alkanes of at least 4 members (excludes halogenated alkanes) is 12. The molecule has 0 aromatic heterocycles. The van der Waals surface area contributed by atoms with Crippen molar-refractivity contribution in [3.8, 4) is 0 Å². The standard InChI is InChI=1S/C19H40O4S.Na/c1-3-4-5-6-7-8-9-10-11-12-13-14-15-16-19(20)17-18(2)24(21,22)23;/h18-20H,3-17H2,1-2H3,(H,21,22,23);/q;+1/p-1. The van der Waals surface area contributed by atoms with Gasteiger partial charge in [-0.1, -0.05) is 90.4 Å². The topological polar surface area (TPSA) is 77.4 Å². The second-order valence-corrected chi connectivity index (χ2v) is 9.01. The quantitative estimate of drug-likeness (QED) is 0.236. The molecule has 0 amide bonds. The molecule has 0 aromatic carbocycles. The van der Waals surface area contributed by atoms with Crippen molar-refractivity contribution in [2.75, 3.05) is 0 Å². The van der Waals surface area contributed by atoms with Crippen molar-refractivity contribution >= 4 is 10.1 Å². The molecule has 0 saturated carbocycles. The van der Waals surface area contributed by atoms with Crippen molar-refractivity contribution in [2.24, 2.45) is 0 Å². The fraction of sp³-hybridized carbons (Fsp3) is 1.00. The van der Waals surface area contributed by atoms with Crippen LogP contribution < -0.4 is 29.6 Å². The van der Waals surface area contributed by atoms with Gasteiger partial charge >= 0.3 is 29.6 Å². The first kappa shape index (κ1) is 28.1. The minimum atomic E-state index is -4.27. The summed E-state index contributed by atoms with van der Waals surface area (Å²) in [5.74, 6) is 0. The predicted molar refractivity (Wildman–Crippen MR) is 100 cm³/mol. The van der Waals surface area contributed by atoms with Gasteiger partial charge in [0.1, 0.15) is 0 Å². The van der Waals surface area contributed by atoms with E-state index in [4.69, 9.17) is 0 Å². The molecule has 0 aliphatic rings. The molecule has 0 fully saturated rings. The van der Waals surface area contributed by atoms with Gasteiger partial charge in [-0.3, -0.25) is 0 Å². The third kappa shape index (κ3) is 19.4. The summed E-state index contributed by atoms with van der Waals surface area (Å²) in [5, 5.41) is 8.77. The van der Waals surface area contributed by atoms with E-state index in [1.54, 1.807) is 0 Å². The third-order valence-electron chi connectivity index (χ3n) is 4.74. The monoisotopic (exact) mass is 386 g/mol. The average Bonchev–Trinajstić information content (AvgIpc) is 2.51. The zero-order valence-electron chi connectivity index (χ0n) is 16.8. The Hall–Kier alpha value is 0.870. The van der Waals surface area contributed by atoms with E-state index in [1.165, 1.54) is 77.6 Å². The first-order valence-corrected chi connectivity index (χ1v) is 11.5. The summed E-state index contributed by atoms with van der Waals surface area (Å²) in [7, 11) is -4.27. The van der Waals surface area contributed by atoms with Crippen molar-refractivity contribution in [3.63, 3.8) is 0 Å². The average molecular weight is 387 g/mol. The van der Waals surface area contributed by atoms with Crippen LogP contribution in [0.2, 0.25) is 0 Å². The zero-order valence-corrected chi connectivity index (χ0v) is 19.7. The molecule has 0 aliphatic carbocycles. The molecule has 2 unspecified atom stereocenters. The number of rotatable bonds is 17. The van der Waals surface area contributed by atoms with E-state index in [9.17, 15) is 18.1 Å². The Morgan fingerprint density at radius 3 is 1.52 bits per heavy atom. The Morgan fingerprint density at radius 1 is 0.800 bits per heavy atom. The molecule has 0 rings (SSSR count). The van der Waals surface area contributed by atoms with Gasteiger partial charge in [-0.25, -0.2) is 8.42 Å². The van der Waals surface area contributed by atoms with Crippen LogP contribution in [-0.2, 0) is 10.1 Å². The molecule has 0 bridgehead atoms. The fourth-order valence-corrected chi connectivity index (χ4v) is 3.47. The normalized spacial score (nSPS) is 14.1. The van der Waals surface area contributed by atoms with Crippen molar-refractivity contribution in [2.45, 2.75) is 122 Å². The van der Waals surface area contributed by atoms with Crippen molar-refractivity contribution in [3.05, 3.63) is 0 Å². The van der Waals surface area contributed by atoms with Gasteiger partial charge in [0, 0.05) is 5.25 Å². The summed E-state index contributed by atoms with van der Waals surface area (Å²) in [5.41, 5.74) is 0. The van der Waals surface area contributed by atoms with Gasteiger partial charge in [-0.05, 0) is 19.8 Å². The molecule has 0 aliphatic heterocycles. The summed E-state index contributed by atoms with van der Waals surface area (Å²) in [6.45, 7) is 3.62. The number of aliphatic hydroxyl groups excluding tert-OH is 1. The van der Waals surface area contributed by atoms with E-state index in [1.807, 2.05) is 0 Å². The molecule has 146 valence electrons. The summed E-state index contributed by atoms with van der Waals surface area (Å²) < 4.78 is 32.4. The maximum atomic E-state index is 10.8. The maximum absolute atomic E-state index is 10.8. The van der Waals surface area contributed by atoms with Gasteiger partial charge in [-0.2, -0.15) is 0 Å². The first-order valence-electron chi connectivity index (χ1n) is 10.0. The first-order chi connectivity index (χ1) is 11.4. The van der Waals surface area contributed by atoms with Crippen LogP contribution in [0.15, 0.2) is 0 Å². The SMILES string of the molecule is CCCCCCCCCCCCCCCC(O)CC(C)S(=O)(=O)[O-].[Na+]. The molecule has 4 nitrogen and oxygen atoms in total. The van der Waals surface area contributed by atoms with E-state index < -0.39 is 21.5 Å². The van der Waals surface area contributed by atoms with Crippen LogP contribution >= 0.6 is 0 Å². The molecule has 0 spiro atoms. The van der Waals surface area contributed by atoms with Crippen molar-refractivity contribution in [1.82, 2.24) is 0 Å². The van der Waals surface area contributed by atoms with Gasteiger partial charge < -0.3 is 9.66 Å².